The third-order valence-corrected chi connectivity index (χ3v) is 4.60. The number of pyridine rings is 2. The van der Waals surface area contributed by atoms with E-state index in [-0.39, 0.29) is 0 Å². The summed E-state index contributed by atoms with van der Waals surface area (Å²) in [5, 5.41) is 29.6. The van der Waals surface area contributed by atoms with Crippen LogP contribution in [0.4, 0.5) is 0 Å². The quantitative estimate of drug-likeness (QED) is 0.581. The summed E-state index contributed by atoms with van der Waals surface area (Å²) >= 11 is 0. The molecule has 3 aromatic heterocycles. The van der Waals surface area contributed by atoms with Crippen molar-refractivity contribution in [3.05, 3.63) is 108 Å². The van der Waals surface area contributed by atoms with E-state index in [2.05, 4.69) is 26.3 Å². The van der Waals surface area contributed by atoms with Gasteiger partial charge in [0.05, 0.1) is 23.5 Å². The molecule has 4 aromatic rings. The molecule has 0 aliphatic heterocycles. The molecule has 0 aliphatic carbocycles. The fourth-order valence-corrected chi connectivity index (χ4v) is 3.33. The van der Waals surface area contributed by atoms with Crippen LogP contribution in [-0.2, 0) is 5.60 Å². The van der Waals surface area contributed by atoms with Gasteiger partial charge in [-0.05, 0) is 35.9 Å². The highest BCUT2D eigenvalue weighted by Gasteiger charge is 2.44. The Hall–Kier alpha value is -3.89. The molecule has 2 atom stereocenters. The van der Waals surface area contributed by atoms with Gasteiger partial charge >= 0.3 is 0 Å². The van der Waals surface area contributed by atoms with Crippen molar-refractivity contribution in [2.75, 3.05) is 0 Å². The van der Waals surface area contributed by atoms with Crippen LogP contribution < -0.4 is 0 Å². The Bertz CT molecular complexity index is 1090. The topological polar surface area (TPSA) is 101 Å². The number of aliphatic hydroxyl groups is 1. The van der Waals surface area contributed by atoms with Crippen molar-refractivity contribution in [3.63, 3.8) is 0 Å². The molecule has 1 N–H and O–H groups in total. The molecule has 0 fully saturated rings. The summed E-state index contributed by atoms with van der Waals surface area (Å²) in [7, 11) is 0. The average molecular weight is 368 g/mol. The third-order valence-electron chi connectivity index (χ3n) is 4.60. The van der Waals surface area contributed by atoms with Gasteiger partial charge in [0.2, 0.25) is 0 Å². The smallest absolute Gasteiger partial charge is 0.144 e. The summed E-state index contributed by atoms with van der Waals surface area (Å²) in [5.41, 5.74) is 0.533. The molecular weight excluding hydrogens is 352 g/mol. The Kier molecular flexibility index (Phi) is 4.62. The average Bonchev–Trinajstić information content (AvgIpc) is 3.29. The number of hydrogen-bond acceptors (Lipinski definition) is 6. The van der Waals surface area contributed by atoms with Gasteiger partial charge in [-0.3, -0.25) is 9.97 Å². The van der Waals surface area contributed by atoms with Crippen molar-refractivity contribution in [2.24, 2.45) is 0 Å². The number of rotatable bonds is 5. The minimum Gasteiger partial charge on any atom is -0.378 e. The fraction of sp³-hybridized carbons (Fsp3) is 0.0952. The van der Waals surface area contributed by atoms with Crippen LogP contribution in [0.15, 0.2) is 85.6 Å². The highest BCUT2D eigenvalue weighted by molar-refractivity contribution is 5.43. The summed E-state index contributed by atoms with van der Waals surface area (Å²) in [6, 6.07) is 17.3. The summed E-state index contributed by atoms with van der Waals surface area (Å²) in [4.78, 5) is 8.65. The van der Waals surface area contributed by atoms with Crippen LogP contribution in [0, 0.1) is 11.3 Å². The van der Waals surface area contributed by atoms with E-state index in [1.165, 1.54) is 0 Å². The van der Waals surface area contributed by atoms with Crippen LogP contribution >= 0.6 is 0 Å². The number of hydrogen-bond donors (Lipinski definition) is 1. The molecule has 3 heterocycles. The second-order valence-electron chi connectivity index (χ2n) is 6.24. The van der Waals surface area contributed by atoms with E-state index in [1.807, 2.05) is 12.1 Å². The maximum atomic E-state index is 12.2. The first kappa shape index (κ1) is 17.5. The summed E-state index contributed by atoms with van der Waals surface area (Å²) in [5.74, 6) is 0. The van der Waals surface area contributed by atoms with Crippen LogP contribution in [0.2, 0.25) is 0 Å². The molecule has 0 radical (unpaired) electrons. The summed E-state index contributed by atoms with van der Waals surface area (Å²) in [6.07, 6.45) is 8.13. The highest BCUT2D eigenvalue weighted by Crippen LogP contribution is 2.42. The molecule has 28 heavy (non-hydrogen) atoms. The predicted molar refractivity (Wildman–Crippen MR) is 101 cm³/mol. The van der Waals surface area contributed by atoms with Crippen molar-refractivity contribution < 1.29 is 5.11 Å². The Balaban J connectivity index is 2.02. The zero-order valence-corrected chi connectivity index (χ0v) is 14.8. The van der Waals surface area contributed by atoms with E-state index >= 15 is 0 Å². The van der Waals surface area contributed by atoms with Gasteiger partial charge in [0.15, 0.2) is 0 Å². The minimum absolute atomic E-state index is 0.443. The molecule has 0 aliphatic rings. The van der Waals surface area contributed by atoms with E-state index in [4.69, 9.17) is 0 Å². The maximum Gasteiger partial charge on any atom is 0.144 e. The number of nitriles is 1. The van der Waals surface area contributed by atoms with E-state index in [9.17, 15) is 10.4 Å². The zero-order valence-electron chi connectivity index (χ0n) is 14.8. The molecule has 7 nitrogen and oxygen atoms in total. The third kappa shape index (κ3) is 3.02. The second kappa shape index (κ2) is 7.39. The van der Waals surface area contributed by atoms with E-state index in [1.54, 1.807) is 78.1 Å². The molecule has 0 spiro atoms. The van der Waals surface area contributed by atoms with Crippen LogP contribution in [0.25, 0.3) is 0 Å². The fourth-order valence-electron chi connectivity index (χ4n) is 3.33. The Morgan fingerprint density at radius 3 is 2.57 bits per heavy atom. The van der Waals surface area contributed by atoms with Gasteiger partial charge in [0.1, 0.15) is 11.6 Å². The van der Waals surface area contributed by atoms with Crippen molar-refractivity contribution in [1.82, 2.24) is 25.0 Å². The zero-order chi connectivity index (χ0) is 19.4. The van der Waals surface area contributed by atoms with E-state index < -0.39 is 11.6 Å². The van der Waals surface area contributed by atoms with Crippen molar-refractivity contribution >= 4 is 0 Å². The summed E-state index contributed by atoms with van der Waals surface area (Å²) < 4.78 is 1.56. The van der Waals surface area contributed by atoms with E-state index in [0.717, 1.165) is 0 Å². The molecule has 0 saturated heterocycles. The second-order valence-corrected chi connectivity index (χ2v) is 6.24. The molecule has 0 amide bonds. The van der Waals surface area contributed by atoms with Crippen molar-refractivity contribution in [2.45, 2.75) is 11.6 Å². The van der Waals surface area contributed by atoms with Gasteiger partial charge in [-0.2, -0.15) is 5.26 Å². The monoisotopic (exact) mass is 368 g/mol. The molecular formula is C21H16N6O. The predicted octanol–water partition coefficient (Wildman–Crippen LogP) is 2.47. The lowest BCUT2D eigenvalue weighted by molar-refractivity contribution is 0.0310. The molecule has 4 rings (SSSR count). The first-order chi connectivity index (χ1) is 13.7. The largest absolute Gasteiger partial charge is 0.378 e. The standard InChI is InChI=1S/C21H16N6O/c22-14-16-5-3-6-17(13-16)21(28,18-7-4-9-23-15-18)20(27-12-11-25-26-27)19-8-1-2-10-24-19/h1-13,15,20,28H. The first-order valence-corrected chi connectivity index (χ1v) is 8.63. The van der Waals surface area contributed by atoms with E-state index in [0.29, 0.717) is 22.4 Å². The van der Waals surface area contributed by atoms with Crippen LogP contribution in [0.1, 0.15) is 28.4 Å². The number of nitrogens with zero attached hydrogens (tertiary/aromatic N) is 6. The van der Waals surface area contributed by atoms with Gasteiger partial charge in [0, 0.05) is 30.4 Å². The number of benzene rings is 1. The Labute approximate surface area is 161 Å². The van der Waals surface area contributed by atoms with Crippen molar-refractivity contribution in [3.8, 4) is 6.07 Å². The normalized spacial score (nSPS) is 14.0. The van der Waals surface area contributed by atoms with Gasteiger partial charge in [-0.1, -0.05) is 29.5 Å². The molecule has 2 unspecified atom stereocenters. The molecule has 0 bridgehead atoms. The maximum absolute atomic E-state index is 12.2. The Morgan fingerprint density at radius 1 is 1.00 bits per heavy atom. The van der Waals surface area contributed by atoms with Gasteiger partial charge in [-0.15, -0.1) is 5.10 Å². The Morgan fingerprint density at radius 2 is 1.89 bits per heavy atom. The molecule has 0 saturated carbocycles. The first-order valence-electron chi connectivity index (χ1n) is 8.63. The van der Waals surface area contributed by atoms with Crippen LogP contribution in [0.3, 0.4) is 0 Å². The number of aromatic nitrogens is 5. The van der Waals surface area contributed by atoms with Gasteiger partial charge in [-0.25, -0.2) is 4.68 Å². The van der Waals surface area contributed by atoms with Gasteiger partial charge in [0.25, 0.3) is 0 Å². The highest BCUT2D eigenvalue weighted by atomic mass is 16.3. The molecule has 136 valence electrons. The van der Waals surface area contributed by atoms with Crippen LogP contribution in [0.5, 0.6) is 0 Å². The lowest BCUT2D eigenvalue weighted by atomic mass is 9.79. The lowest BCUT2D eigenvalue weighted by Crippen LogP contribution is -2.40. The SMILES string of the molecule is N#Cc1cccc(C(O)(c2cccnc2)C(c2ccccn2)n2ccnn2)c1. The minimum atomic E-state index is -1.59. The molecule has 7 heteroatoms. The summed E-state index contributed by atoms with van der Waals surface area (Å²) in [6.45, 7) is 0. The lowest BCUT2D eigenvalue weighted by Gasteiger charge is -2.36. The molecule has 1 aromatic carbocycles. The van der Waals surface area contributed by atoms with Crippen LogP contribution in [-0.4, -0.2) is 30.1 Å². The van der Waals surface area contributed by atoms with Gasteiger partial charge < -0.3 is 5.11 Å². The van der Waals surface area contributed by atoms with Crippen molar-refractivity contribution in [1.29, 1.82) is 5.26 Å².